The average molecular weight is 422 g/mol. The third-order valence-electron chi connectivity index (χ3n) is 5.96. The fourth-order valence-electron chi connectivity index (χ4n) is 4.14. The molecule has 1 amide bonds. The van der Waals surface area contributed by atoms with Gasteiger partial charge in [0, 0.05) is 47.5 Å². The average Bonchev–Trinajstić information content (AvgIpc) is 3.50. The van der Waals surface area contributed by atoms with E-state index in [1.54, 1.807) is 12.3 Å². The zero-order valence-electron chi connectivity index (χ0n) is 17.8. The Labute approximate surface area is 186 Å². The maximum absolute atomic E-state index is 12.9. The highest BCUT2D eigenvalue weighted by Gasteiger charge is 2.26. The van der Waals surface area contributed by atoms with Crippen LogP contribution in [0.25, 0.3) is 33.5 Å². The summed E-state index contributed by atoms with van der Waals surface area (Å²) in [5, 5.41) is 4.21. The van der Waals surface area contributed by atoms with Crippen molar-refractivity contribution < 1.29 is 4.79 Å². The molecule has 4 heterocycles. The van der Waals surface area contributed by atoms with Gasteiger partial charge in [-0.05, 0) is 55.4 Å². The number of rotatable bonds is 4. The smallest absolute Gasteiger partial charge is 0.272 e. The Morgan fingerprint density at radius 2 is 2.06 bits per heavy atom. The van der Waals surface area contributed by atoms with E-state index in [9.17, 15) is 4.79 Å². The number of nitrogens with one attached hydrogen (secondary N) is 2. The number of hydrogen-bond donors (Lipinski definition) is 2. The Balaban J connectivity index is 1.44. The first-order valence-corrected chi connectivity index (χ1v) is 10.6. The van der Waals surface area contributed by atoms with Gasteiger partial charge >= 0.3 is 0 Å². The summed E-state index contributed by atoms with van der Waals surface area (Å²) in [4.78, 5) is 27.4. The van der Waals surface area contributed by atoms with Crippen LogP contribution in [0.4, 0.5) is 0 Å². The van der Waals surface area contributed by atoms with Crippen molar-refractivity contribution in [1.29, 1.82) is 0 Å². The number of terminal acetylenes is 1. The Morgan fingerprint density at radius 3 is 2.88 bits per heavy atom. The summed E-state index contributed by atoms with van der Waals surface area (Å²) in [5.41, 5.74) is 5.64. The summed E-state index contributed by atoms with van der Waals surface area (Å²) in [7, 11) is 1.93. The molecule has 6 nitrogen and oxygen atoms in total. The summed E-state index contributed by atoms with van der Waals surface area (Å²) in [5.74, 6) is 2.64. The highest BCUT2D eigenvalue weighted by molar-refractivity contribution is 5.93. The first-order valence-electron chi connectivity index (χ1n) is 10.6. The zero-order chi connectivity index (χ0) is 22.1. The van der Waals surface area contributed by atoms with Gasteiger partial charge in [0.05, 0.1) is 5.69 Å². The summed E-state index contributed by atoms with van der Waals surface area (Å²) >= 11 is 0. The molecule has 0 aliphatic carbocycles. The van der Waals surface area contributed by atoms with Crippen LogP contribution in [-0.2, 0) is 0 Å². The lowest BCUT2D eigenvalue weighted by atomic mass is 10.1. The fraction of sp³-hybridized carbons (Fsp3) is 0.192. The molecule has 1 unspecified atom stereocenters. The number of pyridine rings is 2. The molecule has 0 spiro atoms. The quantitative estimate of drug-likeness (QED) is 0.493. The standard InChI is InChI=1S/C26H23N5O/c1-3-17-6-4-7-18(12-17)24-14-19-13-20(15-28-25(19)30-24)22-8-5-9-23(29-22)26(32)31-11-10-21(16-31)27-2/h1,4-9,12-15,21,27H,10-11,16H2,2H3,(H,28,30). The second-order valence-corrected chi connectivity index (χ2v) is 8.00. The van der Waals surface area contributed by atoms with E-state index in [-0.39, 0.29) is 5.91 Å². The molecule has 0 saturated carbocycles. The molecule has 1 aliphatic heterocycles. The van der Waals surface area contributed by atoms with Gasteiger partial charge in [0.15, 0.2) is 0 Å². The van der Waals surface area contributed by atoms with E-state index < -0.39 is 0 Å². The van der Waals surface area contributed by atoms with E-state index in [1.807, 2.05) is 54.4 Å². The number of aromatic nitrogens is 3. The summed E-state index contributed by atoms with van der Waals surface area (Å²) in [6.07, 6.45) is 8.28. The van der Waals surface area contributed by atoms with Crippen LogP contribution in [0.15, 0.2) is 60.8 Å². The molecule has 1 atom stereocenters. The summed E-state index contributed by atoms with van der Waals surface area (Å²) in [6, 6.07) is 17.8. The zero-order valence-corrected chi connectivity index (χ0v) is 17.8. The minimum atomic E-state index is -0.0315. The second-order valence-electron chi connectivity index (χ2n) is 8.00. The van der Waals surface area contributed by atoms with Gasteiger partial charge in [0.1, 0.15) is 11.3 Å². The lowest BCUT2D eigenvalue weighted by Gasteiger charge is -2.16. The first-order chi connectivity index (χ1) is 15.6. The molecule has 0 radical (unpaired) electrons. The van der Waals surface area contributed by atoms with Crippen LogP contribution in [-0.4, -0.2) is 51.9 Å². The Morgan fingerprint density at radius 1 is 1.19 bits per heavy atom. The first kappa shape index (κ1) is 20.0. The highest BCUT2D eigenvalue weighted by Crippen LogP contribution is 2.27. The van der Waals surface area contributed by atoms with Gasteiger partial charge in [0.2, 0.25) is 0 Å². The molecule has 2 N–H and O–H groups in total. The Hall–Kier alpha value is -3.95. The molecule has 1 saturated heterocycles. The van der Waals surface area contributed by atoms with Crippen molar-refractivity contribution in [3.63, 3.8) is 0 Å². The molecule has 6 heteroatoms. The molecule has 0 bridgehead atoms. The van der Waals surface area contributed by atoms with Gasteiger partial charge in [-0.2, -0.15) is 0 Å². The largest absolute Gasteiger partial charge is 0.339 e. The van der Waals surface area contributed by atoms with Gasteiger partial charge in [-0.15, -0.1) is 6.42 Å². The van der Waals surface area contributed by atoms with Gasteiger partial charge in [0.25, 0.3) is 5.91 Å². The predicted octanol–water partition coefficient (Wildman–Crippen LogP) is 3.71. The van der Waals surface area contributed by atoms with Crippen LogP contribution in [0.2, 0.25) is 0 Å². The monoisotopic (exact) mass is 421 g/mol. The number of benzene rings is 1. The molecule has 1 aromatic carbocycles. The molecule has 3 aromatic heterocycles. The predicted molar refractivity (Wildman–Crippen MR) is 126 cm³/mol. The minimum absolute atomic E-state index is 0.0315. The number of hydrogen-bond acceptors (Lipinski definition) is 4. The van der Waals surface area contributed by atoms with Crippen molar-refractivity contribution in [2.24, 2.45) is 0 Å². The molecule has 4 aromatic rings. The van der Waals surface area contributed by atoms with Crippen LogP contribution >= 0.6 is 0 Å². The Bertz CT molecular complexity index is 1350. The van der Waals surface area contributed by atoms with Gasteiger partial charge in [-0.25, -0.2) is 9.97 Å². The second kappa shape index (κ2) is 8.29. The fourth-order valence-corrected chi connectivity index (χ4v) is 4.14. The van der Waals surface area contributed by atoms with E-state index in [1.165, 1.54) is 0 Å². The third kappa shape index (κ3) is 3.75. The van der Waals surface area contributed by atoms with E-state index in [0.717, 1.165) is 52.1 Å². The molecule has 32 heavy (non-hydrogen) atoms. The van der Waals surface area contributed by atoms with E-state index in [2.05, 4.69) is 32.3 Å². The van der Waals surface area contributed by atoms with Gasteiger partial charge in [-0.1, -0.05) is 24.1 Å². The minimum Gasteiger partial charge on any atom is -0.339 e. The SMILES string of the molecule is C#Cc1cccc(-c2cc3cc(-c4cccc(C(=O)N5CCC(NC)C5)n4)cnc3[nH]2)c1. The summed E-state index contributed by atoms with van der Waals surface area (Å²) < 4.78 is 0. The number of H-pyrrole nitrogens is 1. The molecular formula is C26H23N5O. The van der Waals surface area contributed by atoms with E-state index in [4.69, 9.17) is 6.42 Å². The van der Waals surface area contributed by atoms with Gasteiger partial charge in [-0.3, -0.25) is 4.79 Å². The number of likely N-dealkylation sites (N-methyl/N-ethyl adjacent to an activating group) is 1. The number of nitrogens with zero attached hydrogens (tertiary/aromatic N) is 3. The maximum Gasteiger partial charge on any atom is 0.272 e. The van der Waals surface area contributed by atoms with Crippen molar-refractivity contribution in [3.8, 4) is 34.9 Å². The number of aromatic amines is 1. The maximum atomic E-state index is 12.9. The Kier molecular flexibility index (Phi) is 5.18. The van der Waals surface area contributed by atoms with Crippen LogP contribution < -0.4 is 5.32 Å². The van der Waals surface area contributed by atoms with Crippen LogP contribution in [0.5, 0.6) is 0 Å². The van der Waals surface area contributed by atoms with Crippen molar-refractivity contribution >= 4 is 16.9 Å². The number of carbonyl (C=O) groups excluding carboxylic acids is 1. The van der Waals surface area contributed by atoms with Crippen molar-refractivity contribution in [2.75, 3.05) is 20.1 Å². The number of amides is 1. The number of carbonyl (C=O) groups is 1. The molecule has 5 rings (SSSR count). The lowest BCUT2D eigenvalue weighted by molar-refractivity contribution is 0.0784. The molecule has 158 valence electrons. The molecular weight excluding hydrogens is 398 g/mol. The topological polar surface area (TPSA) is 73.9 Å². The molecule has 1 aliphatic rings. The van der Waals surface area contributed by atoms with Crippen LogP contribution in [0.3, 0.4) is 0 Å². The van der Waals surface area contributed by atoms with E-state index in [0.29, 0.717) is 18.3 Å². The normalized spacial score (nSPS) is 15.8. The van der Waals surface area contributed by atoms with Gasteiger partial charge < -0.3 is 15.2 Å². The van der Waals surface area contributed by atoms with Crippen molar-refractivity contribution in [2.45, 2.75) is 12.5 Å². The number of likely N-dealkylation sites (tertiary alicyclic amines) is 1. The van der Waals surface area contributed by atoms with Crippen molar-refractivity contribution in [1.82, 2.24) is 25.2 Å². The molecule has 1 fully saturated rings. The van der Waals surface area contributed by atoms with Crippen molar-refractivity contribution in [3.05, 3.63) is 72.1 Å². The highest BCUT2D eigenvalue weighted by atomic mass is 16.2. The lowest BCUT2D eigenvalue weighted by Crippen LogP contribution is -2.33. The third-order valence-corrected chi connectivity index (χ3v) is 5.96. The van der Waals surface area contributed by atoms with Crippen LogP contribution in [0, 0.1) is 12.3 Å². The van der Waals surface area contributed by atoms with Crippen LogP contribution in [0.1, 0.15) is 22.5 Å². The summed E-state index contributed by atoms with van der Waals surface area (Å²) in [6.45, 7) is 1.46. The number of fused-ring (bicyclic) bond motifs is 1. The van der Waals surface area contributed by atoms with E-state index >= 15 is 0 Å².